The van der Waals surface area contributed by atoms with Crippen LogP contribution in [-0.2, 0) is 4.74 Å². The fraction of sp³-hybridized carbons (Fsp3) is 0.476. The summed E-state index contributed by atoms with van der Waals surface area (Å²) in [5.41, 5.74) is 9.74. The number of ether oxygens (including phenoxy) is 1. The van der Waals surface area contributed by atoms with Crippen molar-refractivity contribution in [3.05, 3.63) is 40.3 Å². The summed E-state index contributed by atoms with van der Waals surface area (Å²) in [5, 5.41) is 9.53. The van der Waals surface area contributed by atoms with Gasteiger partial charge in [0.05, 0.1) is 28.5 Å². The zero-order valence-corrected chi connectivity index (χ0v) is 18.5. The molecular weight excluding hydrogens is 423 g/mol. The van der Waals surface area contributed by atoms with Gasteiger partial charge in [0.2, 0.25) is 5.95 Å². The van der Waals surface area contributed by atoms with Crippen LogP contribution in [0.25, 0.3) is 16.8 Å². The third-order valence-corrected chi connectivity index (χ3v) is 7.54. The summed E-state index contributed by atoms with van der Waals surface area (Å²) in [6, 6.07) is 5.66. The van der Waals surface area contributed by atoms with E-state index in [2.05, 4.69) is 22.0 Å². The minimum atomic E-state index is 0.0610. The van der Waals surface area contributed by atoms with E-state index in [-0.39, 0.29) is 17.6 Å². The number of benzene rings is 1. The average Bonchev–Trinajstić information content (AvgIpc) is 3.32. The highest BCUT2D eigenvalue weighted by Gasteiger charge is 2.47. The topological polar surface area (TPSA) is 81.6 Å². The first-order valence-electron chi connectivity index (χ1n) is 10.2. The van der Waals surface area contributed by atoms with Gasteiger partial charge in [-0.2, -0.15) is 0 Å². The Bertz CT molecular complexity index is 1110. The van der Waals surface area contributed by atoms with Gasteiger partial charge in [-0.1, -0.05) is 35.3 Å². The van der Waals surface area contributed by atoms with Crippen molar-refractivity contribution in [1.29, 1.82) is 0 Å². The van der Waals surface area contributed by atoms with Crippen molar-refractivity contribution in [2.45, 2.75) is 38.8 Å². The van der Waals surface area contributed by atoms with Crippen LogP contribution in [0.4, 0.5) is 5.95 Å². The zero-order valence-electron chi connectivity index (χ0n) is 17.0. The molecule has 0 aliphatic carbocycles. The van der Waals surface area contributed by atoms with Gasteiger partial charge in [-0.3, -0.25) is 4.40 Å². The maximum atomic E-state index is 6.50. The molecule has 2 fully saturated rings. The van der Waals surface area contributed by atoms with Gasteiger partial charge in [0.25, 0.3) is 0 Å². The molecule has 30 heavy (non-hydrogen) atoms. The largest absolute Gasteiger partial charge is 0.376 e. The highest BCUT2D eigenvalue weighted by atomic mass is 35.5. The van der Waals surface area contributed by atoms with Crippen LogP contribution in [0, 0.1) is 12.3 Å². The second-order valence-electron chi connectivity index (χ2n) is 8.39. The number of anilines is 1. The molecule has 0 saturated carbocycles. The van der Waals surface area contributed by atoms with Gasteiger partial charge in [-0.15, -0.1) is 10.2 Å². The van der Waals surface area contributed by atoms with Crippen molar-refractivity contribution in [2.24, 2.45) is 11.1 Å². The lowest BCUT2D eigenvalue weighted by molar-refractivity contribution is 0.0973. The Morgan fingerprint density at radius 2 is 2.00 bits per heavy atom. The number of fused-ring (bicyclic) bond motifs is 1. The number of halogens is 2. The quantitative estimate of drug-likeness (QED) is 0.645. The second kappa shape index (κ2) is 7.34. The van der Waals surface area contributed by atoms with Crippen LogP contribution in [0.15, 0.2) is 24.5 Å². The number of aromatic nitrogens is 4. The van der Waals surface area contributed by atoms with E-state index in [0.717, 1.165) is 61.0 Å². The molecule has 2 atom stereocenters. The fourth-order valence-electron chi connectivity index (χ4n) is 4.83. The Kier molecular flexibility index (Phi) is 4.89. The van der Waals surface area contributed by atoms with Crippen molar-refractivity contribution in [2.75, 3.05) is 24.6 Å². The molecule has 0 radical (unpaired) electrons. The maximum absolute atomic E-state index is 6.50. The molecule has 4 heterocycles. The van der Waals surface area contributed by atoms with Crippen molar-refractivity contribution in [3.8, 4) is 11.1 Å². The molecular formula is C21H24Cl2N6O. The molecule has 2 aliphatic rings. The molecule has 1 spiro atoms. The normalized spacial score (nSPS) is 23.6. The Balaban J connectivity index is 1.52. The molecule has 158 valence electrons. The average molecular weight is 447 g/mol. The Morgan fingerprint density at radius 1 is 1.23 bits per heavy atom. The number of nitrogens with zero attached hydrogens (tertiary/aromatic N) is 5. The van der Waals surface area contributed by atoms with E-state index in [9.17, 15) is 0 Å². The molecule has 5 rings (SSSR count). The molecule has 3 aromatic rings. The summed E-state index contributed by atoms with van der Waals surface area (Å²) in [7, 11) is 0. The minimum Gasteiger partial charge on any atom is -0.376 e. The third-order valence-electron chi connectivity index (χ3n) is 6.73. The van der Waals surface area contributed by atoms with Gasteiger partial charge < -0.3 is 15.4 Å². The Hall–Kier alpha value is -1.93. The van der Waals surface area contributed by atoms with Crippen LogP contribution in [0.2, 0.25) is 10.0 Å². The first-order valence-corrected chi connectivity index (χ1v) is 10.9. The van der Waals surface area contributed by atoms with Crippen LogP contribution in [0.3, 0.4) is 0 Å². The maximum Gasteiger partial charge on any atom is 0.212 e. The molecule has 2 saturated heterocycles. The van der Waals surface area contributed by atoms with Gasteiger partial charge in [0.1, 0.15) is 6.33 Å². The number of hydrogen-bond donors (Lipinski definition) is 1. The van der Waals surface area contributed by atoms with E-state index >= 15 is 0 Å². The first kappa shape index (κ1) is 20.0. The number of nitrogens with two attached hydrogens (primary N) is 1. The van der Waals surface area contributed by atoms with Crippen LogP contribution in [-0.4, -0.2) is 51.4 Å². The number of aryl methyl sites for hydroxylation is 1. The van der Waals surface area contributed by atoms with E-state index in [1.54, 1.807) is 12.4 Å². The van der Waals surface area contributed by atoms with E-state index in [1.165, 1.54) is 0 Å². The van der Waals surface area contributed by atoms with Crippen molar-refractivity contribution in [1.82, 2.24) is 19.6 Å². The summed E-state index contributed by atoms with van der Waals surface area (Å²) < 4.78 is 7.79. The molecule has 7 nitrogen and oxygen atoms in total. The monoisotopic (exact) mass is 446 g/mol. The highest BCUT2D eigenvalue weighted by molar-refractivity contribution is 6.43. The molecule has 9 heteroatoms. The van der Waals surface area contributed by atoms with Crippen LogP contribution >= 0.6 is 23.2 Å². The lowest BCUT2D eigenvalue weighted by Crippen LogP contribution is -2.51. The summed E-state index contributed by atoms with van der Waals surface area (Å²) in [4.78, 5) is 7.22. The zero-order chi connectivity index (χ0) is 21.0. The van der Waals surface area contributed by atoms with Gasteiger partial charge in [0, 0.05) is 35.7 Å². The fourth-order valence-corrected chi connectivity index (χ4v) is 5.23. The van der Waals surface area contributed by atoms with E-state index in [1.807, 2.05) is 23.5 Å². The summed E-state index contributed by atoms with van der Waals surface area (Å²) >= 11 is 12.8. The van der Waals surface area contributed by atoms with Crippen LogP contribution < -0.4 is 10.6 Å². The smallest absolute Gasteiger partial charge is 0.212 e. The standard InChI is InChI=1S/C21H24Cl2N6O/c1-12-16(14-4-3-5-15(22)17(14)23)19-27-25-11-29(19)20(26-12)28-8-6-21(7-9-28)10-30-13(2)18(21)24/h3-5,11,13,18H,6-10,24H2,1-2H3/t13-,18+/m0/s1. The predicted molar refractivity (Wildman–Crippen MR) is 118 cm³/mol. The number of hydrogen-bond acceptors (Lipinski definition) is 6. The van der Waals surface area contributed by atoms with Crippen LogP contribution in [0.1, 0.15) is 25.5 Å². The molecule has 0 bridgehead atoms. The van der Waals surface area contributed by atoms with Gasteiger partial charge in [-0.05, 0) is 32.8 Å². The molecule has 2 aromatic heterocycles. The van der Waals surface area contributed by atoms with Crippen molar-refractivity contribution < 1.29 is 4.74 Å². The SMILES string of the molecule is Cc1nc(N2CCC3(CC2)CO[C@@H](C)[C@H]3N)n2cnnc2c1-c1cccc(Cl)c1Cl. The summed E-state index contributed by atoms with van der Waals surface area (Å²) in [6.45, 7) is 6.50. The van der Waals surface area contributed by atoms with E-state index in [0.29, 0.717) is 10.0 Å². The predicted octanol–water partition coefficient (Wildman–Crippen LogP) is 3.74. The van der Waals surface area contributed by atoms with Crippen LogP contribution in [0.5, 0.6) is 0 Å². The minimum absolute atomic E-state index is 0.0610. The van der Waals surface area contributed by atoms with Crippen molar-refractivity contribution >= 4 is 34.8 Å². The van der Waals surface area contributed by atoms with Gasteiger partial charge in [-0.25, -0.2) is 4.98 Å². The third kappa shape index (κ3) is 2.99. The number of rotatable bonds is 2. The van der Waals surface area contributed by atoms with Gasteiger partial charge in [0.15, 0.2) is 5.65 Å². The lowest BCUT2D eigenvalue weighted by Gasteiger charge is -2.41. The van der Waals surface area contributed by atoms with E-state index < -0.39 is 0 Å². The van der Waals surface area contributed by atoms with E-state index in [4.69, 9.17) is 38.7 Å². The molecule has 0 amide bonds. The Labute approximate surface area is 185 Å². The number of piperidine rings is 1. The molecule has 2 N–H and O–H groups in total. The summed E-state index contributed by atoms with van der Waals surface area (Å²) in [5.74, 6) is 0.838. The summed E-state index contributed by atoms with van der Waals surface area (Å²) in [6.07, 6.45) is 3.77. The highest BCUT2D eigenvalue weighted by Crippen LogP contribution is 2.42. The molecule has 0 unspecified atom stereocenters. The second-order valence-corrected chi connectivity index (χ2v) is 9.17. The lowest BCUT2D eigenvalue weighted by atomic mass is 9.73. The van der Waals surface area contributed by atoms with Crippen molar-refractivity contribution in [3.63, 3.8) is 0 Å². The molecule has 1 aromatic carbocycles. The Morgan fingerprint density at radius 3 is 2.70 bits per heavy atom. The molecule has 2 aliphatic heterocycles. The van der Waals surface area contributed by atoms with Gasteiger partial charge >= 0.3 is 0 Å². The first-order chi connectivity index (χ1) is 14.4.